The average Bonchev–Trinajstić information content (AvgIpc) is 2.73. The van der Waals surface area contributed by atoms with Crippen LogP contribution < -0.4 is 5.56 Å². The van der Waals surface area contributed by atoms with Crippen molar-refractivity contribution in [2.75, 3.05) is 0 Å². The Kier molecular flexibility index (Phi) is 5.55. The first-order chi connectivity index (χ1) is 14.4. The molecule has 1 unspecified atom stereocenters. The Bertz CT molecular complexity index is 1280. The molecule has 0 N–H and O–H groups in total. The summed E-state index contributed by atoms with van der Waals surface area (Å²) in [5, 5.41) is 0.682. The molecule has 150 valence electrons. The average molecular weight is 415 g/mol. The standard InChI is InChI=1S/C25H22N2O2S/c1-16-13-17(2)15-20(14-16)27-24(29)21-11-7-8-12-22(21)26-25(27)30-18(3)23(28)19-9-5-4-6-10-19/h4-15,18H,1-3H3. The molecule has 0 aliphatic rings. The highest BCUT2D eigenvalue weighted by atomic mass is 32.2. The van der Waals surface area contributed by atoms with Crippen molar-refractivity contribution >= 4 is 28.4 Å². The number of fused-ring (bicyclic) bond motifs is 1. The van der Waals surface area contributed by atoms with E-state index in [2.05, 4.69) is 6.07 Å². The molecule has 4 nitrogen and oxygen atoms in total. The van der Waals surface area contributed by atoms with E-state index in [0.29, 0.717) is 21.6 Å². The van der Waals surface area contributed by atoms with E-state index < -0.39 is 5.25 Å². The number of thioether (sulfide) groups is 1. The molecule has 0 aliphatic carbocycles. The van der Waals surface area contributed by atoms with Gasteiger partial charge in [0.05, 0.1) is 21.8 Å². The minimum atomic E-state index is -0.391. The number of hydrogen-bond donors (Lipinski definition) is 0. The smallest absolute Gasteiger partial charge is 0.266 e. The number of carbonyl (C=O) groups excluding carboxylic acids is 1. The molecule has 3 aromatic carbocycles. The van der Waals surface area contributed by atoms with Crippen LogP contribution in [0.15, 0.2) is 82.7 Å². The van der Waals surface area contributed by atoms with Crippen molar-refractivity contribution in [2.45, 2.75) is 31.2 Å². The van der Waals surface area contributed by atoms with Gasteiger partial charge in [0.15, 0.2) is 10.9 Å². The van der Waals surface area contributed by atoms with Gasteiger partial charge in [0.25, 0.3) is 5.56 Å². The molecule has 0 aliphatic heterocycles. The molecule has 0 fully saturated rings. The van der Waals surface area contributed by atoms with Gasteiger partial charge in [0, 0.05) is 5.56 Å². The summed E-state index contributed by atoms with van der Waals surface area (Å²) < 4.78 is 1.63. The maximum Gasteiger partial charge on any atom is 0.266 e. The molecular formula is C25H22N2O2S. The summed E-state index contributed by atoms with van der Waals surface area (Å²) in [4.78, 5) is 31.1. The van der Waals surface area contributed by atoms with Gasteiger partial charge in [-0.2, -0.15) is 0 Å². The van der Waals surface area contributed by atoms with E-state index in [1.54, 1.807) is 10.6 Å². The van der Waals surface area contributed by atoms with Gasteiger partial charge < -0.3 is 0 Å². The number of Topliss-reactive ketones (excluding diaryl/α,β-unsaturated/α-hetero) is 1. The Morgan fingerprint density at radius 2 is 1.57 bits per heavy atom. The fourth-order valence-electron chi connectivity index (χ4n) is 3.55. The summed E-state index contributed by atoms with van der Waals surface area (Å²) in [6.45, 7) is 5.86. The Balaban J connectivity index is 1.86. The molecule has 4 aromatic rings. The zero-order valence-corrected chi connectivity index (χ0v) is 17.9. The molecule has 0 amide bonds. The minimum Gasteiger partial charge on any atom is -0.293 e. The van der Waals surface area contributed by atoms with Crippen molar-refractivity contribution in [3.8, 4) is 5.69 Å². The molecule has 30 heavy (non-hydrogen) atoms. The van der Waals surface area contributed by atoms with Crippen LogP contribution in [0.3, 0.4) is 0 Å². The molecule has 5 heteroatoms. The minimum absolute atomic E-state index is 0.00924. The Morgan fingerprint density at radius 3 is 2.27 bits per heavy atom. The third-order valence-corrected chi connectivity index (χ3v) is 5.97. The lowest BCUT2D eigenvalue weighted by atomic mass is 10.1. The van der Waals surface area contributed by atoms with Gasteiger partial charge in [-0.25, -0.2) is 4.98 Å². The normalized spacial score (nSPS) is 12.1. The van der Waals surface area contributed by atoms with Crippen LogP contribution in [0.1, 0.15) is 28.4 Å². The van der Waals surface area contributed by atoms with Crippen molar-refractivity contribution in [3.63, 3.8) is 0 Å². The molecule has 0 radical (unpaired) electrons. The quantitative estimate of drug-likeness (QED) is 0.250. The van der Waals surface area contributed by atoms with Crippen molar-refractivity contribution in [1.29, 1.82) is 0 Å². The Morgan fingerprint density at radius 1 is 0.933 bits per heavy atom. The maximum absolute atomic E-state index is 13.4. The lowest BCUT2D eigenvalue weighted by molar-refractivity contribution is 0.0994. The van der Waals surface area contributed by atoms with Crippen molar-refractivity contribution < 1.29 is 4.79 Å². The van der Waals surface area contributed by atoms with Crippen molar-refractivity contribution in [1.82, 2.24) is 9.55 Å². The van der Waals surface area contributed by atoms with E-state index in [4.69, 9.17) is 4.98 Å². The highest BCUT2D eigenvalue weighted by Gasteiger charge is 2.21. The number of nitrogens with zero attached hydrogens (tertiary/aromatic N) is 2. The number of para-hydroxylation sites is 1. The fraction of sp³-hybridized carbons (Fsp3) is 0.160. The van der Waals surface area contributed by atoms with Gasteiger partial charge >= 0.3 is 0 Å². The number of ketones is 1. The largest absolute Gasteiger partial charge is 0.293 e. The molecule has 1 atom stereocenters. The maximum atomic E-state index is 13.4. The topological polar surface area (TPSA) is 52.0 Å². The van der Waals surface area contributed by atoms with Crippen LogP contribution in [0, 0.1) is 13.8 Å². The first-order valence-corrected chi connectivity index (χ1v) is 10.7. The predicted molar refractivity (Wildman–Crippen MR) is 123 cm³/mol. The predicted octanol–water partition coefficient (Wildman–Crippen LogP) is 5.37. The Labute approximate surface area is 179 Å². The van der Waals surface area contributed by atoms with E-state index in [9.17, 15) is 9.59 Å². The Hall–Kier alpha value is -3.18. The van der Waals surface area contributed by atoms with Crippen LogP contribution in [0.5, 0.6) is 0 Å². The van der Waals surface area contributed by atoms with Crippen LogP contribution in [-0.2, 0) is 0 Å². The first kappa shape index (κ1) is 20.1. The van der Waals surface area contributed by atoms with E-state index in [0.717, 1.165) is 16.8 Å². The monoisotopic (exact) mass is 414 g/mol. The van der Waals surface area contributed by atoms with E-state index >= 15 is 0 Å². The van der Waals surface area contributed by atoms with Gasteiger partial charge in [-0.05, 0) is 56.2 Å². The van der Waals surface area contributed by atoms with Crippen LogP contribution in [0.2, 0.25) is 0 Å². The number of rotatable bonds is 5. The molecule has 4 rings (SSSR count). The molecule has 0 saturated carbocycles. The molecule has 0 bridgehead atoms. The molecule has 1 heterocycles. The second kappa shape index (κ2) is 8.28. The van der Waals surface area contributed by atoms with E-state index in [-0.39, 0.29) is 11.3 Å². The van der Waals surface area contributed by atoms with Crippen molar-refractivity contribution in [2.24, 2.45) is 0 Å². The van der Waals surface area contributed by atoms with Crippen LogP contribution in [0.4, 0.5) is 0 Å². The van der Waals surface area contributed by atoms with Gasteiger partial charge in [-0.3, -0.25) is 14.2 Å². The lowest BCUT2D eigenvalue weighted by Gasteiger charge is -2.17. The number of carbonyl (C=O) groups is 1. The zero-order valence-electron chi connectivity index (χ0n) is 17.1. The van der Waals surface area contributed by atoms with Gasteiger partial charge in [-0.1, -0.05) is 60.3 Å². The van der Waals surface area contributed by atoms with Crippen LogP contribution in [-0.4, -0.2) is 20.6 Å². The SMILES string of the molecule is Cc1cc(C)cc(-n2c(SC(C)C(=O)c3ccccc3)nc3ccccc3c2=O)c1. The van der Waals surface area contributed by atoms with Crippen LogP contribution >= 0.6 is 11.8 Å². The highest BCUT2D eigenvalue weighted by molar-refractivity contribution is 8.00. The number of aryl methyl sites for hydroxylation is 2. The second-order valence-electron chi connectivity index (χ2n) is 7.39. The van der Waals surface area contributed by atoms with Crippen LogP contribution in [0.25, 0.3) is 16.6 Å². The summed E-state index contributed by atoms with van der Waals surface area (Å²) in [6, 6.07) is 22.5. The summed E-state index contributed by atoms with van der Waals surface area (Å²) in [7, 11) is 0. The molecule has 0 saturated heterocycles. The number of hydrogen-bond acceptors (Lipinski definition) is 4. The lowest BCUT2D eigenvalue weighted by Crippen LogP contribution is -2.24. The van der Waals surface area contributed by atoms with E-state index in [1.807, 2.05) is 81.4 Å². The number of benzene rings is 3. The summed E-state index contributed by atoms with van der Waals surface area (Å²) in [5.74, 6) is 0.00924. The third kappa shape index (κ3) is 3.94. The second-order valence-corrected chi connectivity index (χ2v) is 8.70. The summed E-state index contributed by atoms with van der Waals surface area (Å²) >= 11 is 1.31. The molecule has 1 aromatic heterocycles. The first-order valence-electron chi connectivity index (χ1n) is 9.80. The summed E-state index contributed by atoms with van der Waals surface area (Å²) in [5.41, 5.74) is 4.04. The van der Waals surface area contributed by atoms with Gasteiger partial charge in [0.1, 0.15) is 0 Å². The van der Waals surface area contributed by atoms with Gasteiger partial charge in [-0.15, -0.1) is 0 Å². The van der Waals surface area contributed by atoms with E-state index in [1.165, 1.54) is 11.8 Å². The van der Waals surface area contributed by atoms with Crippen molar-refractivity contribution in [3.05, 3.63) is 99.8 Å². The zero-order chi connectivity index (χ0) is 21.3. The van der Waals surface area contributed by atoms with Gasteiger partial charge in [0.2, 0.25) is 0 Å². The third-order valence-electron chi connectivity index (χ3n) is 4.92. The highest BCUT2D eigenvalue weighted by Crippen LogP contribution is 2.27. The molecular weight excluding hydrogens is 392 g/mol. The fourth-order valence-corrected chi connectivity index (χ4v) is 4.55. The number of aromatic nitrogens is 2. The summed E-state index contributed by atoms with van der Waals surface area (Å²) in [6.07, 6.45) is 0. The molecule has 0 spiro atoms.